The van der Waals surface area contributed by atoms with Gasteiger partial charge in [-0.3, -0.25) is 4.98 Å². The minimum absolute atomic E-state index is 0.229. The normalized spacial score (nSPS) is 19.5. The maximum Gasteiger partial charge on any atom is 0.0893 e. The second kappa shape index (κ2) is 5.34. The Bertz CT molecular complexity index is 552. The van der Waals surface area contributed by atoms with Gasteiger partial charge in [0.15, 0.2) is 0 Å². The summed E-state index contributed by atoms with van der Waals surface area (Å²) in [5.74, 6) is 0. The van der Waals surface area contributed by atoms with Gasteiger partial charge in [0.2, 0.25) is 0 Å². The van der Waals surface area contributed by atoms with Crippen LogP contribution in [0.4, 0.5) is 0 Å². The van der Waals surface area contributed by atoms with Crippen LogP contribution in [-0.2, 0) is 16.1 Å². The van der Waals surface area contributed by atoms with E-state index < -0.39 is 0 Å². The molecule has 2 aromatic rings. The summed E-state index contributed by atoms with van der Waals surface area (Å²) in [6.45, 7) is 2.07. The van der Waals surface area contributed by atoms with Crippen molar-refractivity contribution in [2.75, 3.05) is 13.2 Å². The highest BCUT2D eigenvalue weighted by molar-refractivity contribution is 9.10. The lowest BCUT2D eigenvalue weighted by atomic mass is 10.2. The lowest BCUT2D eigenvalue weighted by molar-refractivity contribution is 0.0303. The van der Waals surface area contributed by atoms with Crippen LogP contribution in [0.15, 0.2) is 34.8 Å². The van der Waals surface area contributed by atoms with Crippen LogP contribution in [0.1, 0.15) is 12.1 Å². The van der Waals surface area contributed by atoms with Gasteiger partial charge >= 0.3 is 0 Å². The van der Waals surface area contributed by atoms with Crippen LogP contribution in [0.2, 0.25) is 0 Å². The molecule has 0 spiro atoms. The molecule has 4 heteroatoms. The Morgan fingerprint density at radius 3 is 3.11 bits per heavy atom. The Kier molecular flexibility index (Phi) is 3.59. The largest absolute Gasteiger partial charge is 0.379 e. The smallest absolute Gasteiger partial charge is 0.0893 e. The highest BCUT2D eigenvalue weighted by atomic mass is 79.9. The molecule has 0 bridgehead atoms. The molecular weight excluding hydrogens is 294 g/mol. The third-order valence-electron chi connectivity index (χ3n) is 3.06. The van der Waals surface area contributed by atoms with Gasteiger partial charge in [0.1, 0.15) is 0 Å². The predicted molar refractivity (Wildman–Crippen MR) is 73.5 cm³/mol. The maximum atomic E-state index is 5.76. The molecule has 18 heavy (non-hydrogen) atoms. The third-order valence-corrected chi connectivity index (χ3v) is 3.56. The molecule has 1 unspecified atom stereocenters. The number of pyridine rings is 1. The zero-order chi connectivity index (χ0) is 12.4. The van der Waals surface area contributed by atoms with E-state index in [1.165, 1.54) is 0 Å². The monoisotopic (exact) mass is 307 g/mol. The minimum Gasteiger partial charge on any atom is -0.379 e. The van der Waals surface area contributed by atoms with E-state index in [0.717, 1.165) is 34.1 Å². The topological polar surface area (TPSA) is 31.4 Å². The van der Waals surface area contributed by atoms with E-state index in [0.29, 0.717) is 13.2 Å². The van der Waals surface area contributed by atoms with Crippen LogP contribution in [0, 0.1) is 0 Å². The fraction of sp³-hybridized carbons (Fsp3) is 0.357. The molecule has 1 aromatic carbocycles. The first kappa shape index (κ1) is 12.1. The van der Waals surface area contributed by atoms with Crippen molar-refractivity contribution in [3.8, 4) is 0 Å². The quantitative estimate of drug-likeness (QED) is 0.872. The van der Waals surface area contributed by atoms with Crippen LogP contribution in [0.3, 0.4) is 0 Å². The zero-order valence-electron chi connectivity index (χ0n) is 9.93. The summed E-state index contributed by atoms with van der Waals surface area (Å²) in [5.41, 5.74) is 1.97. The number of rotatable bonds is 3. The molecule has 1 aliphatic rings. The molecule has 0 amide bonds. The molecule has 3 rings (SSSR count). The highest BCUT2D eigenvalue weighted by Crippen LogP contribution is 2.19. The van der Waals surface area contributed by atoms with Crippen molar-refractivity contribution < 1.29 is 9.47 Å². The van der Waals surface area contributed by atoms with Gasteiger partial charge in [0.25, 0.3) is 0 Å². The van der Waals surface area contributed by atoms with Crippen molar-refractivity contribution in [3.63, 3.8) is 0 Å². The summed E-state index contributed by atoms with van der Waals surface area (Å²) in [5, 5.41) is 1.14. The summed E-state index contributed by atoms with van der Waals surface area (Å²) in [4.78, 5) is 4.59. The van der Waals surface area contributed by atoms with E-state index in [2.05, 4.69) is 33.0 Å². The second-order valence-electron chi connectivity index (χ2n) is 4.44. The molecule has 1 aliphatic heterocycles. The highest BCUT2D eigenvalue weighted by Gasteiger charge is 2.16. The molecule has 2 heterocycles. The van der Waals surface area contributed by atoms with Crippen LogP contribution in [-0.4, -0.2) is 24.3 Å². The van der Waals surface area contributed by atoms with Crippen LogP contribution in [0.25, 0.3) is 10.9 Å². The number of halogens is 1. The van der Waals surface area contributed by atoms with Crippen molar-refractivity contribution in [1.29, 1.82) is 0 Å². The van der Waals surface area contributed by atoms with Crippen LogP contribution < -0.4 is 0 Å². The van der Waals surface area contributed by atoms with Gasteiger partial charge in [0.05, 0.1) is 30.5 Å². The fourth-order valence-corrected chi connectivity index (χ4v) is 2.45. The maximum absolute atomic E-state index is 5.76. The summed E-state index contributed by atoms with van der Waals surface area (Å²) >= 11 is 3.46. The van der Waals surface area contributed by atoms with Gasteiger partial charge in [-0.25, -0.2) is 0 Å². The van der Waals surface area contributed by atoms with E-state index in [1.807, 2.05) is 18.2 Å². The van der Waals surface area contributed by atoms with E-state index in [9.17, 15) is 0 Å². The lowest BCUT2D eigenvalue weighted by Gasteiger charge is -2.09. The lowest BCUT2D eigenvalue weighted by Crippen LogP contribution is -2.12. The Labute approximate surface area is 114 Å². The van der Waals surface area contributed by atoms with Gasteiger partial charge in [-0.1, -0.05) is 22.0 Å². The van der Waals surface area contributed by atoms with Gasteiger partial charge in [0, 0.05) is 16.5 Å². The fourth-order valence-electron chi connectivity index (χ4n) is 2.07. The van der Waals surface area contributed by atoms with Crippen molar-refractivity contribution in [3.05, 3.63) is 40.5 Å². The molecule has 0 N–H and O–H groups in total. The molecule has 1 saturated heterocycles. The number of hydrogen-bond donors (Lipinski definition) is 0. The van der Waals surface area contributed by atoms with Gasteiger partial charge < -0.3 is 9.47 Å². The van der Waals surface area contributed by atoms with Gasteiger partial charge in [-0.2, -0.15) is 0 Å². The SMILES string of the molecule is Brc1ccc2nc(COC3CCOC3)ccc2c1. The Hall–Kier alpha value is -0.970. The number of aromatic nitrogens is 1. The Morgan fingerprint density at radius 2 is 2.28 bits per heavy atom. The second-order valence-corrected chi connectivity index (χ2v) is 5.35. The summed E-state index contributed by atoms with van der Waals surface area (Å²) in [7, 11) is 0. The van der Waals surface area contributed by atoms with Crippen molar-refractivity contribution >= 4 is 26.8 Å². The number of nitrogens with zero attached hydrogens (tertiary/aromatic N) is 1. The van der Waals surface area contributed by atoms with E-state index in [1.54, 1.807) is 0 Å². The van der Waals surface area contributed by atoms with Crippen LogP contribution in [0.5, 0.6) is 0 Å². The molecule has 1 aromatic heterocycles. The van der Waals surface area contributed by atoms with E-state index in [4.69, 9.17) is 9.47 Å². The van der Waals surface area contributed by atoms with Crippen molar-refractivity contribution in [2.24, 2.45) is 0 Å². The standard InChI is InChI=1S/C14H14BrNO2/c15-11-2-4-14-10(7-11)1-3-12(16-14)8-18-13-5-6-17-9-13/h1-4,7,13H,5-6,8-9H2. The Morgan fingerprint density at radius 1 is 1.33 bits per heavy atom. The minimum atomic E-state index is 0.229. The molecular formula is C14H14BrNO2. The number of hydrogen-bond acceptors (Lipinski definition) is 3. The van der Waals surface area contributed by atoms with E-state index >= 15 is 0 Å². The van der Waals surface area contributed by atoms with Gasteiger partial charge in [-0.05, 0) is 30.7 Å². The number of fused-ring (bicyclic) bond motifs is 1. The number of benzene rings is 1. The molecule has 0 radical (unpaired) electrons. The van der Waals surface area contributed by atoms with Gasteiger partial charge in [-0.15, -0.1) is 0 Å². The molecule has 3 nitrogen and oxygen atoms in total. The van der Waals surface area contributed by atoms with Crippen molar-refractivity contribution in [1.82, 2.24) is 4.98 Å². The molecule has 1 atom stereocenters. The summed E-state index contributed by atoms with van der Waals surface area (Å²) in [6, 6.07) is 10.2. The first-order chi connectivity index (χ1) is 8.81. The summed E-state index contributed by atoms with van der Waals surface area (Å²) < 4.78 is 12.1. The molecule has 0 saturated carbocycles. The third kappa shape index (κ3) is 2.71. The predicted octanol–water partition coefficient (Wildman–Crippen LogP) is 3.30. The first-order valence-electron chi connectivity index (χ1n) is 6.06. The number of ether oxygens (including phenoxy) is 2. The Balaban J connectivity index is 1.74. The van der Waals surface area contributed by atoms with Crippen molar-refractivity contribution in [2.45, 2.75) is 19.1 Å². The van der Waals surface area contributed by atoms with Crippen LogP contribution >= 0.6 is 15.9 Å². The average molecular weight is 308 g/mol. The molecule has 1 fully saturated rings. The summed E-state index contributed by atoms with van der Waals surface area (Å²) in [6.07, 6.45) is 1.22. The average Bonchev–Trinajstić information content (AvgIpc) is 2.89. The molecule has 94 valence electrons. The zero-order valence-corrected chi connectivity index (χ0v) is 11.5. The molecule has 0 aliphatic carbocycles. The van der Waals surface area contributed by atoms with E-state index in [-0.39, 0.29) is 6.10 Å². The first-order valence-corrected chi connectivity index (χ1v) is 6.85.